The van der Waals surface area contributed by atoms with Crippen LogP contribution in [0.4, 0.5) is 4.79 Å². The average Bonchev–Trinajstić information content (AvgIpc) is 3.40. The lowest BCUT2D eigenvalue weighted by Crippen LogP contribution is -2.38. The minimum atomic E-state index is -0.530. The second kappa shape index (κ2) is 13.4. The number of rotatable bonds is 9. The molecule has 3 aromatic carbocycles. The Balaban J connectivity index is 1.33. The van der Waals surface area contributed by atoms with Gasteiger partial charge in [-0.05, 0) is 41.2 Å². The molecule has 0 aromatic heterocycles. The highest BCUT2D eigenvalue weighted by molar-refractivity contribution is 5.74. The Morgan fingerprint density at radius 2 is 1.73 bits per heavy atom. The number of likely N-dealkylation sites (tertiary alicyclic amines) is 1. The maximum absolute atomic E-state index is 11.9. The Hall–Kier alpha value is -3.27. The number of hydrogen-bond acceptors (Lipinski definition) is 6. The molecule has 8 heteroatoms. The van der Waals surface area contributed by atoms with Crippen molar-refractivity contribution in [2.24, 2.45) is 0 Å². The van der Waals surface area contributed by atoms with Crippen LogP contribution in [0, 0.1) is 0 Å². The number of amides is 2. The van der Waals surface area contributed by atoms with Crippen LogP contribution in [0.15, 0.2) is 72.8 Å². The highest BCUT2D eigenvalue weighted by atomic mass is 16.7. The van der Waals surface area contributed by atoms with Gasteiger partial charge in [-0.2, -0.15) is 0 Å². The Bertz CT molecular complexity index is 1250. The first-order valence-electron chi connectivity index (χ1n) is 14.1. The van der Waals surface area contributed by atoms with Gasteiger partial charge in [0.25, 0.3) is 0 Å². The topological polar surface area (TPSA) is 103 Å². The van der Waals surface area contributed by atoms with E-state index in [9.17, 15) is 15.0 Å². The molecular weight excluding hydrogens is 506 g/mol. The second-order valence-electron chi connectivity index (χ2n) is 10.5. The van der Waals surface area contributed by atoms with Gasteiger partial charge in [0, 0.05) is 44.7 Å². The summed E-state index contributed by atoms with van der Waals surface area (Å²) in [7, 11) is 0. The number of urea groups is 1. The first-order chi connectivity index (χ1) is 19.5. The van der Waals surface area contributed by atoms with Crippen LogP contribution in [0.1, 0.15) is 54.4 Å². The van der Waals surface area contributed by atoms with Gasteiger partial charge >= 0.3 is 6.03 Å². The molecule has 3 aromatic rings. The van der Waals surface area contributed by atoms with Crippen LogP contribution < -0.4 is 10.6 Å². The number of aliphatic hydroxyl groups excluding tert-OH is 2. The zero-order chi connectivity index (χ0) is 27.9. The van der Waals surface area contributed by atoms with Crippen molar-refractivity contribution >= 4 is 6.03 Å². The van der Waals surface area contributed by atoms with Crippen LogP contribution in [0.2, 0.25) is 0 Å². The number of aliphatic hydroxyl groups is 2. The summed E-state index contributed by atoms with van der Waals surface area (Å²) >= 11 is 0. The highest BCUT2D eigenvalue weighted by Gasteiger charge is 2.34. The van der Waals surface area contributed by atoms with Gasteiger partial charge in [-0.3, -0.25) is 4.90 Å². The second-order valence-corrected chi connectivity index (χ2v) is 10.5. The summed E-state index contributed by atoms with van der Waals surface area (Å²) in [5, 5.41) is 25.1. The summed E-state index contributed by atoms with van der Waals surface area (Å²) in [4.78, 5) is 14.2. The molecule has 40 heavy (non-hydrogen) atoms. The van der Waals surface area contributed by atoms with E-state index in [-0.39, 0.29) is 30.9 Å². The molecule has 5 rings (SSSR count). The molecule has 4 atom stereocenters. The summed E-state index contributed by atoms with van der Waals surface area (Å²) in [5.74, 6) is 0. The maximum Gasteiger partial charge on any atom is 0.315 e. The Labute approximate surface area is 235 Å². The molecule has 2 heterocycles. The number of hydrogen-bond donors (Lipinski definition) is 4. The fraction of sp³-hybridized carbons (Fsp3) is 0.406. The molecule has 2 saturated heterocycles. The van der Waals surface area contributed by atoms with Gasteiger partial charge in [0.2, 0.25) is 0 Å². The van der Waals surface area contributed by atoms with E-state index in [2.05, 4.69) is 33.7 Å². The summed E-state index contributed by atoms with van der Waals surface area (Å²) in [6.07, 6.45) is 0.505. The molecule has 2 fully saturated rings. The van der Waals surface area contributed by atoms with E-state index in [4.69, 9.17) is 9.47 Å². The van der Waals surface area contributed by atoms with E-state index < -0.39 is 6.29 Å². The van der Waals surface area contributed by atoms with Crippen molar-refractivity contribution < 1.29 is 24.5 Å². The normalized spacial score (nSPS) is 23.2. The van der Waals surface area contributed by atoms with Crippen molar-refractivity contribution in [2.45, 2.75) is 57.5 Å². The third kappa shape index (κ3) is 7.08. The van der Waals surface area contributed by atoms with Gasteiger partial charge in [-0.25, -0.2) is 4.79 Å². The lowest BCUT2D eigenvalue weighted by atomic mass is 9.97. The van der Waals surface area contributed by atoms with E-state index in [1.54, 1.807) is 0 Å². The van der Waals surface area contributed by atoms with E-state index in [1.165, 1.54) is 0 Å². The number of β-amino-alcohol motifs (C(OH)–C–C–N with tert-alkyl or cyclic N) is 1. The zero-order valence-electron chi connectivity index (χ0n) is 23.0. The van der Waals surface area contributed by atoms with Crippen molar-refractivity contribution in [2.75, 3.05) is 26.2 Å². The molecule has 4 unspecified atom stereocenters. The zero-order valence-corrected chi connectivity index (χ0v) is 23.0. The third-order valence-electron chi connectivity index (χ3n) is 7.61. The van der Waals surface area contributed by atoms with E-state index >= 15 is 0 Å². The van der Waals surface area contributed by atoms with E-state index in [1.807, 2.05) is 61.5 Å². The van der Waals surface area contributed by atoms with Crippen molar-refractivity contribution in [3.63, 3.8) is 0 Å². The first kappa shape index (κ1) is 28.3. The number of ether oxygens (including phenoxy) is 2. The average molecular weight is 546 g/mol. The van der Waals surface area contributed by atoms with Gasteiger partial charge in [0.15, 0.2) is 6.29 Å². The lowest BCUT2D eigenvalue weighted by Gasteiger charge is -2.38. The Morgan fingerprint density at radius 1 is 0.975 bits per heavy atom. The molecule has 0 radical (unpaired) electrons. The molecule has 212 valence electrons. The van der Waals surface area contributed by atoms with Crippen LogP contribution in [0.5, 0.6) is 0 Å². The molecule has 0 bridgehead atoms. The monoisotopic (exact) mass is 545 g/mol. The smallest absolute Gasteiger partial charge is 0.315 e. The van der Waals surface area contributed by atoms with Gasteiger partial charge in [-0.15, -0.1) is 0 Å². The Morgan fingerprint density at radius 3 is 2.42 bits per heavy atom. The Kier molecular flexibility index (Phi) is 9.46. The summed E-state index contributed by atoms with van der Waals surface area (Å²) in [6, 6.07) is 24.0. The van der Waals surface area contributed by atoms with Crippen LogP contribution in [0.25, 0.3) is 11.1 Å². The molecular formula is C32H39N3O5. The van der Waals surface area contributed by atoms with Crippen LogP contribution >= 0.6 is 0 Å². The van der Waals surface area contributed by atoms with E-state index in [0.717, 1.165) is 52.9 Å². The van der Waals surface area contributed by atoms with Crippen LogP contribution in [-0.4, -0.2) is 59.5 Å². The molecule has 8 nitrogen and oxygen atoms in total. The highest BCUT2D eigenvalue weighted by Crippen LogP contribution is 2.39. The summed E-state index contributed by atoms with van der Waals surface area (Å²) in [6.45, 7) is 5.19. The predicted molar refractivity (Wildman–Crippen MR) is 153 cm³/mol. The van der Waals surface area contributed by atoms with Gasteiger partial charge in [0.05, 0.1) is 24.9 Å². The molecule has 0 saturated carbocycles. The minimum absolute atomic E-state index is 0.00886. The van der Waals surface area contributed by atoms with E-state index in [0.29, 0.717) is 26.1 Å². The molecule has 0 spiro atoms. The molecule has 2 aliphatic heterocycles. The molecule has 0 aliphatic carbocycles. The first-order valence-corrected chi connectivity index (χ1v) is 14.1. The summed E-state index contributed by atoms with van der Waals surface area (Å²) in [5.41, 5.74) is 6.00. The van der Waals surface area contributed by atoms with Crippen molar-refractivity contribution in [3.8, 4) is 11.1 Å². The number of nitrogens with one attached hydrogen (secondary N) is 2. The third-order valence-corrected chi connectivity index (χ3v) is 7.61. The lowest BCUT2D eigenvalue weighted by molar-refractivity contribution is -0.252. The van der Waals surface area contributed by atoms with Crippen LogP contribution in [-0.2, 0) is 22.6 Å². The van der Waals surface area contributed by atoms with Crippen molar-refractivity contribution in [3.05, 3.63) is 95.1 Å². The fourth-order valence-corrected chi connectivity index (χ4v) is 5.47. The number of carbonyl (C=O) groups excluding carboxylic acids is 1. The SMILES string of the molecule is CCNC(=O)NCc1ccccc1-c1ccc(C2OC(CN3CCC(O)C3)CC(c3ccc(CO)cc3)O2)cc1. The molecule has 2 amide bonds. The molecule has 4 N–H and O–H groups in total. The van der Waals surface area contributed by atoms with Crippen molar-refractivity contribution in [1.29, 1.82) is 0 Å². The maximum atomic E-state index is 11.9. The van der Waals surface area contributed by atoms with Crippen LogP contribution in [0.3, 0.4) is 0 Å². The van der Waals surface area contributed by atoms with Gasteiger partial charge in [0.1, 0.15) is 0 Å². The standard InChI is InChI=1S/C32H39N3O5/c1-2-33-32(38)34-18-26-5-3-4-6-29(26)23-11-13-25(14-12-23)31-39-28(20-35-16-15-27(37)19-35)17-30(40-31)24-9-7-22(21-36)8-10-24/h3-14,27-28,30-31,36-37H,2,15-21H2,1H3,(H2,33,34,38). The predicted octanol–water partition coefficient (Wildman–Crippen LogP) is 4.28. The largest absolute Gasteiger partial charge is 0.392 e. The van der Waals surface area contributed by atoms with Crippen molar-refractivity contribution in [1.82, 2.24) is 15.5 Å². The van der Waals surface area contributed by atoms with Gasteiger partial charge < -0.3 is 30.3 Å². The summed E-state index contributed by atoms with van der Waals surface area (Å²) < 4.78 is 13.0. The number of carbonyl (C=O) groups is 1. The number of benzene rings is 3. The van der Waals surface area contributed by atoms with Gasteiger partial charge in [-0.1, -0.05) is 72.8 Å². The fourth-order valence-electron chi connectivity index (χ4n) is 5.47. The number of nitrogens with zero attached hydrogens (tertiary/aromatic N) is 1. The minimum Gasteiger partial charge on any atom is -0.392 e. The quantitative estimate of drug-likeness (QED) is 0.320. The molecule has 2 aliphatic rings.